The number of hydrogen-bond donors (Lipinski definition) is 1. The van der Waals surface area contributed by atoms with Crippen LogP contribution in [-0.4, -0.2) is 106 Å². The quantitative estimate of drug-likeness (QED) is 0.592. The van der Waals surface area contributed by atoms with E-state index < -0.39 is 0 Å². The summed E-state index contributed by atoms with van der Waals surface area (Å²) in [7, 11) is 0. The third kappa shape index (κ3) is 5.31. The summed E-state index contributed by atoms with van der Waals surface area (Å²) < 4.78 is 1.38. The predicted octanol–water partition coefficient (Wildman–Crippen LogP) is -0.887. The molecule has 4 rings (SSSR count). The number of carbonyl (C=O) groups excluding carboxylic acids is 1. The molecule has 11 nitrogen and oxygen atoms in total. The molecule has 178 valence electrons. The summed E-state index contributed by atoms with van der Waals surface area (Å²) in [6, 6.07) is 3.99. The monoisotopic (exact) mass is 456 g/mol. The molecule has 2 aromatic rings. The van der Waals surface area contributed by atoms with Crippen LogP contribution in [0.3, 0.4) is 0 Å². The molecule has 2 aromatic heterocycles. The van der Waals surface area contributed by atoms with E-state index in [9.17, 15) is 9.59 Å². The third-order valence-electron chi connectivity index (χ3n) is 6.53. The van der Waals surface area contributed by atoms with Crippen LogP contribution in [0.5, 0.6) is 0 Å². The number of nitrogens with zero attached hydrogens (tertiary/aromatic N) is 8. The maximum atomic E-state index is 12.7. The molecular formula is C22H32N8O3. The Hall–Kier alpha value is -3.05. The van der Waals surface area contributed by atoms with Gasteiger partial charge in [-0.2, -0.15) is 0 Å². The summed E-state index contributed by atoms with van der Waals surface area (Å²) in [6.45, 7) is 10.5. The van der Waals surface area contributed by atoms with Crippen molar-refractivity contribution in [2.75, 3.05) is 75.3 Å². The molecule has 1 N–H and O–H groups in total. The fourth-order valence-electron chi connectivity index (χ4n) is 4.22. The normalized spacial score (nSPS) is 17.5. The van der Waals surface area contributed by atoms with Gasteiger partial charge in [-0.3, -0.25) is 19.1 Å². The highest BCUT2D eigenvalue weighted by atomic mass is 16.3. The minimum absolute atomic E-state index is 0.00697. The first kappa shape index (κ1) is 23.1. The maximum absolute atomic E-state index is 12.7. The fourth-order valence-corrected chi connectivity index (χ4v) is 4.22. The standard InChI is InChI=1S/C22H32N8O3/c1-17-18(2)23-16-30(22(17)33)15-21(32)29-11-9-28(10-12-29)20-4-3-19(24-25-20)27-7-5-26(6-8-27)13-14-31/h3-4,16,31H,5-15H2,1-2H3. The summed E-state index contributed by atoms with van der Waals surface area (Å²) in [5.41, 5.74) is 1.09. The SMILES string of the molecule is Cc1ncn(CC(=O)N2CCN(c3ccc(N4CCN(CCO)CC4)nn3)CC2)c(=O)c1C. The van der Waals surface area contributed by atoms with E-state index in [1.54, 1.807) is 18.7 Å². The van der Waals surface area contributed by atoms with Gasteiger partial charge in [0.2, 0.25) is 5.91 Å². The Labute approximate surface area is 193 Å². The summed E-state index contributed by atoms with van der Waals surface area (Å²) >= 11 is 0. The first-order valence-electron chi connectivity index (χ1n) is 11.4. The number of aryl methyl sites for hydroxylation is 1. The zero-order valence-corrected chi connectivity index (χ0v) is 19.4. The number of carbonyl (C=O) groups is 1. The van der Waals surface area contributed by atoms with Gasteiger partial charge in [-0.15, -0.1) is 10.2 Å². The van der Waals surface area contributed by atoms with E-state index in [1.807, 2.05) is 12.1 Å². The van der Waals surface area contributed by atoms with E-state index in [4.69, 9.17) is 5.11 Å². The number of aliphatic hydroxyl groups is 1. The molecule has 11 heteroatoms. The molecule has 0 unspecified atom stereocenters. The van der Waals surface area contributed by atoms with E-state index in [-0.39, 0.29) is 24.6 Å². The molecule has 1 amide bonds. The van der Waals surface area contributed by atoms with Crippen molar-refractivity contribution in [2.45, 2.75) is 20.4 Å². The topological polar surface area (TPSA) is 111 Å². The number of amides is 1. The minimum Gasteiger partial charge on any atom is -0.395 e. The molecule has 0 radical (unpaired) electrons. The summed E-state index contributed by atoms with van der Waals surface area (Å²) in [5, 5.41) is 17.9. The van der Waals surface area contributed by atoms with Crippen molar-refractivity contribution in [1.29, 1.82) is 0 Å². The van der Waals surface area contributed by atoms with Crippen molar-refractivity contribution in [3.63, 3.8) is 0 Å². The lowest BCUT2D eigenvalue weighted by atomic mass is 10.2. The van der Waals surface area contributed by atoms with E-state index in [2.05, 4.69) is 29.9 Å². The smallest absolute Gasteiger partial charge is 0.256 e. The Morgan fingerprint density at radius 2 is 1.52 bits per heavy atom. The number of anilines is 2. The van der Waals surface area contributed by atoms with Gasteiger partial charge in [0.05, 0.1) is 12.9 Å². The Bertz CT molecular complexity index is 1010. The molecule has 2 saturated heterocycles. The van der Waals surface area contributed by atoms with Gasteiger partial charge in [0.25, 0.3) is 5.56 Å². The maximum Gasteiger partial charge on any atom is 0.256 e. The molecule has 0 atom stereocenters. The molecule has 0 saturated carbocycles. The Morgan fingerprint density at radius 1 is 0.939 bits per heavy atom. The van der Waals surface area contributed by atoms with Crippen LogP contribution in [0.1, 0.15) is 11.3 Å². The van der Waals surface area contributed by atoms with E-state index in [0.717, 1.165) is 37.8 Å². The van der Waals surface area contributed by atoms with Crippen molar-refractivity contribution in [3.05, 3.63) is 40.1 Å². The van der Waals surface area contributed by atoms with Gasteiger partial charge in [-0.1, -0.05) is 0 Å². The number of aliphatic hydroxyl groups excluding tert-OH is 1. The highest BCUT2D eigenvalue weighted by Gasteiger charge is 2.23. The molecule has 2 aliphatic heterocycles. The van der Waals surface area contributed by atoms with Crippen molar-refractivity contribution < 1.29 is 9.90 Å². The lowest BCUT2D eigenvalue weighted by molar-refractivity contribution is -0.132. The minimum atomic E-state index is -0.167. The second-order valence-corrected chi connectivity index (χ2v) is 8.56. The van der Waals surface area contributed by atoms with Crippen LogP contribution in [0.4, 0.5) is 11.6 Å². The number of rotatable bonds is 6. The van der Waals surface area contributed by atoms with Crippen LogP contribution >= 0.6 is 0 Å². The average Bonchev–Trinajstić information content (AvgIpc) is 2.85. The summed E-state index contributed by atoms with van der Waals surface area (Å²) in [4.78, 5) is 37.6. The van der Waals surface area contributed by atoms with Crippen molar-refractivity contribution in [1.82, 2.24) is 29.5 Å². The molecule has 0 aromatic carbocycles. The van der Waals surface area contributed by atoms with Gasteiger partial charge in [-0.05, 0) is 26.0 Å². The Morgan fingerprint density at radius 3 is 2.06 bits per heavy atom. The second kappa shape index (κ2) is 10.3. The summed E-state index contributed by atoms with van der Waals surface area (Å²) in [6.07, 6.45) is 1.45. The van der Waals surface area contributed by atoms with Crippen molar-refractivity contribution >= 4 is 17.5 Å². The number of aromatic nitrogens is 4. The molecule has 0 bridgehead atoms. The number of β-amino-alcohol motifs (C(OH)–C–C–N with tert-alkyl or cyclic N) is 1. The van der Waals surface area contributed by atoms with Crippen LogP contribution < -0.4 is 15.4 Å². The highest BCUT2D eigenvalue weighted by Crippen LogP contribution is 2.18. The van der Waals surface area contributed by atoms with Gasteiger partial charge in [0, 0.05) is 70.2 Å². The number of hydrogen-bond acceptors (Lipinski definition) is 9. The first-order valence-corrected chi connectivity index (χ1v) is 11.4. The van der Waals surface area contributed by atoms with Crippen LogP contribution in [0.25, 0.3) is 0 Å². The van der Waals surface area contributed by atoms with Crippen LogP contribution in [0.15, 0.2) is 23.3 Å². The Kier molecular flexibility index (Phi) is 7.19. The highest BCUT2D eigenvalue weighted by molar-refractivity contribution is 5.76. The lowest BCUT2D eigenvalue weighted by Crippen LogP contribution is -2.50. The largest absolute Gasteiger partial charge is 0.395 e. The van der Waals surface area contributed by atoms with Gasteiger partial charge in [0.15, 0.2) is 11.6 Å². The Balaban J connectivity index is 1.29. The van der Waals surface area contributed by atoms with Crippen LogP contribution in [0, 0.1) is 13.8 Å². The van der Waals surface area contributed by atoms with Gasteiger partial charge in [-0.25, -0.2) is 4.98 Å². The van der Waals surface area contributed by atoms with E-state index in [1.165, 1.54) is 10.9 Å². The zero-order chi connectivity index (χ0) is 23.4. The number of piperazine rings is 2. The molecule has 4 heterocycles. The van der Waals surface area contributed by atoms with Crippen molar-refractivity contribution in [2.24, 2.45) is 0 Å². The molecule has 2 aliphatic rings. The average molecular weight is 457 g/mol. The predicted molar refractivity (Wildman–Crippen MR) is 125 cm³/mol. The molecule has 2 fully saturated rings. The van der Waals surface area contributed by atoms with Gasteiger partial charge < -0.3 is 19.8 Å². The molecule has 0 spiro atoms. The molecule has 0 aliphatic carbocycles. The summed E-state index contributed by atoms with van der Waals surface area (Å²) in [5.74, 6) is 1.59. The zero-order valence-electron chi connectivity index (χ0n) is 19.4. The van der Waals surface area contributed by atoms with E-state index >= 15 is 0 Å². The second-order valence-electron chi connectivity index (χ2n) is 8.56. The van der Waals surface area contributed by atoms with Gasteiger partial charge in [0.1, 0.15) is 6.54 Å². The fraction of sp³-hybridized carbons (Fsp3) is 0.591. The van der Waals surface area contributed by atoms with Crippen molar-refractivity contribution in [3.8, 4) is 0 Å². The third-order valence-corrected chi connectivity index (χ3v) is 6.53. The van der Waals surface area contributed by atoms with E-state index in [0.29, 0.717) is 44.0 Å². The first-order chi connectivity index (χ1) is 16.0. The molecule has 33 heavy (non-hydrogen) atoms. The van der Waals surface area contributed by atoms with Crippen LogP contribution in [0.2, 0.25) is 0 Å². The lowest BCUT2D eigenvalue weighted by Gasteiger charge is -2.36. The van der Waals surface area contributed by atoms with Gasteiger partial charge >= 0.3 is 0 Å². The molecular weight excluding hydrogens is 424 g/mol. The van der Waals surface area contributed by atoms with Crippen LogP contribution in [-0.2, 0) is 11.3 Å².